The number of rotatable bonds is 8. The van der Waals surface area contributed by atoms with Crippen molar-refractivity contribution in [1.29, 1.82) is 0 Å². The van der Waals surface area contributed by atoms with Gasteiger partial charge in [-0.3, -0.25) is 0 Å². The molecule has 0 aliphatic rings. The number of hydrogen-bond donors (Lipinski definition) is 0. The first-order valence-corrected chi connectivity index (χ1v) is 9.76. The Balaban J connectivity index is 3.41. The molecule has 0 saturated heterocycles. The fourth-order valence-electron chi connectivity index (χ4n) is 1.89. The van der Waals surface area contributed by atoms with E-state index in [1.807, 2.05) is 0 Å². The van der Waals surface area contributed by atoms with E-state index < -0.39 is 0 Å². The first-order valence-electron chi connectivity index (χ1n) is 6.11. The van der Waals surface area contributed by atoms with Crippen LogP contribution in [0.3, 0.4) is 0 Å². The molecule has 0 rings (SSSR count). The van der Waals surface area contributed by atoms with Crippen molar-refractivity contribution in [3.05, 3.63) is 0 Å². The van der Waals surface area contributed by atoms with Gasteiger partial charge in [0, 0.05) is 0 Å². The molecule has 0 amide bonds. The van der Waals surface area contributed by atoms with Crippen LogP contribution in [0.2, 0.25) is 5.96 Å². The van der Waals surface area contributed by atoms with Crippen LogP contribution in [0.15, 0.2) is 0 Å². The summed E-state index contributed by atoms with van der Waals surface area (Å²) in [5.41, 5.74) is 0. The monoisotopic (exact) mass is 259 g/mol. The molecule has 0 heterocycles. The van der Waals surface area contributed by atoms with Crippen molar-refractivity contribution < 1.29 is 29.2 Å². The third-order valence-electron chi connectivity index (χ3n) is 3.28. The Hall–Kier alpha value is 1.10. The Morgan fingerprint density at radius 3 is 1.77 bits per heavy atom. The molecular formula is C12H26Y. The van der Waals surface area contributed by atoms with Crippen LogP contribution >= 0.6 is 0 Å². The van der Waals surface area contributed by atoms with E-state index in [0.29, 0.717) is 0 Å². The first-order chi connectivity index (χ1) is 6.28. The maximum atomic E-state index is 2.37. The standard InChI is InChI=1S/C7H15.C5H11.Y/c1-4-7(5-2)6-3;1-3-5-4-2;/h7H,1,4-6H2,2-3H3;5H,3-4H2,1-2H3;. The molecule has 0 fully saturated rings. The van der Waals surface area contributed by atoms with Gasteiger partial charge in [0.05, 0.1) is 0 Å². The van der Waals surface area contributed by atoms with Gasteiger partial charge in [0.25, 0.3) is 0 Å². The van der Waals surface area contributed by atoms with E-state index in [9.17, 15) is 0 Å². The predicted molar refractivity (Wildman–Crippen MR) is 57.8 cm³/mol. The van der Waals surface area contributed by atoms with Gasteiger partial charge < -0.3 is 0 Å². The molecule has 0 aromatic rings. The van der Waals surface area contributed by atoms with Crippen molar-refractivity contribution in [2.75, 3.05) is 0 Å². The van der Waals surface area contributed by atoms with E-state index >= 15 is 0 Å². The van der Waals surface area contributed by atoms with Crippen molar-refractivity contribution in [3.63, 3.8) is 0 Å². The van der Waals surface area contributed by atoms with Crippen molar-refractivity contribution in [3.8, 4) is 0 Å². The summed E-state index contributed by atoms with van der Waals surface area (Å²) < 4.78 is 2.83. The second kappa shape index (κ2) is 9.65. The first kappa shape index (κ1) is 14.1. The van der Waals surface area contributed by atoms with Crippen LogP contribution in [0.1, 0.15) is 59.8 Å². The van der Waals surface area contributed by atoms with Gasteiger partial charge >= 0.3 is 101 Å². The zero-order chi connectivity index (χ0) is 10.1. The molecule has 0 atom stereocenters. The molecule has 1 heteroatoms. The minimum atomic E-state index is -0.177. The fraction of sp³-hybridized carbons (Fsp3) is 1.00. The molecule has 0 aromatic heterocycles. The normalized spacial score (nSPS) is 10.9. The average molecular weight is 259 g/mol. The molecule has 0 saturated carbocycles. The van der Waals surface area contributed by atoms with E-state index in [2.05, 4.69) is 27.7 Å². The summed E-state index contributed by atoms with van der Waals surface area (Å²) >= 11 is -0.177. The van der Waals surface area contributed by atoms with E-state index in [1.165, 1.54) is 28.4 Å². The van der Waals surface area contributed by atoms with Gasteiger partial charge in [0.1, 0.15) is 0 Å². The molecule has 13 heavy (non-hydrogen) atoms. The van der Waals surface area contributed by atoms with Crippen LogP contribution in [-0.2, 0) is 29.2 Å². The topological polar surface area (TPSA) is 0 Å². The molecule has 0 bridgehead atoms. The fourth-order valence-corrected chi connectivity index (χ4v) is 6.32. The molecule has 0 radical (unpaired) electrons. The van der Waals surface area contributed by atoms with Crippen LogP contribution in [0.5, 0.6) is 0 Å². The van der Waals surface area contributed by atoms with Crippen LogP contribution in [-0.4, -0.2) is 0 Å². The quantitative estimate of drug-likeness (QED) is 0.580. The van der Waals surface area contributed by atoms with Crippen LogP contribution in [0.25, 0.3) is 0 Å². The summed E-state index contributed by atoms with van der Waals surface area (Å²) in [6, 6.07) is 0. The van der Waals surface area contributed by atoms with Crippen LogP contribution in [0, 0.1) is 5.92 Å². The Labute approximate surface area is 100 Å². The molecule has 0 unspecified atom stereocenters. The summed E-state index contributed by atoms with van der Waals surface area (Å²) in [6.07, 6.45) is 7.27. The van der Waals surface area contributed by atoms with Gasteiger partial charge in [-0.25, -0.2) is 0 Å². The maximum absolute atomic E-state index is 2.37. The Kier molecular flexibility index (Phi) is 10.5. The zero-order valence-corrected chi connectivity index (χ0v) is 12.8. The third kappa shape index (κ3) is 7.08. The summed E-state index contributed by atoms with van der Waals surface area (Å²) in [5, 5.41) is 0. The molecule has 77 valence electrons. The summed E-state index contributed by atoms with van der Waals surface area (Å²) in [7, 11) is 0. The molecular weight excluding hydrogens is 233 g/mol. The molecule has 0 aromatic carbocycles. The number of hydrogen-bond acceptors (Lipinski definition) is 0. The average Bonchev–Trinajstić information content (AvgIpc) is 2.19. The SMILES string of the molecule is CCC(CC)C[CH2][Y][CH](CC)CC. The van der Waals surface area contributed by atoms with E-state index in [4.69, 9.17) is 0 Å². The van der Waals surface area contributed by atoms with Crippen molar-refractivity contribution >= 4 is 0 Å². The van der Waals surface area contributed by atoms with Crippen molar-refractivity contribution in [2.24, 2.45) is 5.92 Å². The van der Waals surface area contributed by atoms with Crippen molar-refractivity contribution in [1.82, 2.24) is 0 Å². The van der Waals surface area contributed by atoms with E-state index in [-0.39, 0.29) is 29.2 Å². The second-order valence-corrected chi connectivity index (χ2v) is 8.97. The van der Waals surface area contributed by atoms with Gasteiger partial charge in [0.15, 0.2) is 0 Å². The zero-order valence-electron chi connectivity index (χ0n) is 9.97. The third-order valence-corrected chi connectivity index (χ3v) is 8.87. The summed E-state index contributed by atoms with van der Waals surface area (Å²) in [4.78, 5) is 0. The van der Waals surface area contributed by atoms with Gasteiger partial charge in [-0.2, -0.15) is 0 Å². The Morgan fingerprint density at radius 2 is 1.38 bits per heavy atom. The Bertz CT molecular complexity index is 81.3. The molecule has 0 N–H and O–H groups in total. The molecule has 0 aliphatic carbocycles. The van der Waals surface area contributed by atoms with E-state index in [1.54, 1.807) is 9.65 Å². The summed E-state index contributed by atoms with van der Waals surface area (Å²) in [6.45, 7) is 9.44. The summed E-state index contributed by atoms with van der Waals surface area (Å²) in [5.74, 6) is 1.04. The molecule has 0 spiro atoms. The van der Waals surface area contributed by atoms with Gasteiger partial charge in [-0.1, -0.05) is 0 Å². The molecule has 0 nitrogen and oxygen atoms in total. The van der Waals surface area contributed by atoms with Gasteiger partial charge in [0.2, 0.25) is 0 Å². The second-order valence-electron chi connectivity index (χ2n) is 4.07. The minimum absolute atomic E-state index is 0.177. The van der Waals surface area contributed by atoms with Crippen LogP contribution < -0.4 is 0 Å². The predicted octanol–water partition coefficient (Wildman–Crippen LogP) is 4.92. The van der Waals surface area contributed by atoms with Crippen LogP contribution in [0.4, 0.5) is 0 Å². The van der Waals surface area contributed by atoms with E-state index in [0.717, 1.165) is 5.92 Å². The Morgan fingerprint density at radius 1 is 0.846 bits per heavy atom. The van der Waals surface area contributed by atoms with Gasteiger partial charge in [-0.05, 0) is 0 Å². The van der Waals surface area contributed by atoms with Crippen molar-refractivity contribution in [2.45, 2.75) is 65.8 Å². The van der Waals surface area contributed by atoms with Gasteiger partial charge in [-0.15, -0.1) is 0 Å². The molecule has 0 aliphatic heterocycles.